The highest BCUT2D eigenvalue weighted by Crippen LogP contribution is 2.42. The summed E-state index contributed by atoms with van der Waals surface area (Å²) in [5.74, 6) is 0.712. The summed E-state index contributed by atoms with van der Waals surface area (Å²) in [7, 11) is 2.28. The highest BCUT2D eigenvalue weighted by atomic mass is 16.3. The van der Waals surface area contributed by atoms with Crippen LogP contribution in [0.15, 0.2) is 0 Å². The van der Waals surface area contributed by atoms with Gasteiger partial charge in [-0.25, -0.2) is 0 Å². The number of hydrogen-bond donors (Lipinski definition) is 2. The zero-order chi connectivity index (χ0) is 13.3. The van der Waals surface area contributed by atoms with Crippen LogP contribution in [0.3, 0.4) is 0 Å². The van der Waals surface area contributed by atoms with Crippen molar-refractivity contribution in [2.24, 2.45) is 5.92 Å². The third-order valence-corrected chi connectivity index (χ3v) is 5.44. The third kappa shape index (κ3) is 3.32. The first kappa shape index (κ1) is 13.8. The van der Waals surface area contributed by atoms with Crippen LogP contribution in [-0.2, 0) is 0 Å². The first-order valence-electron chi connectivity index (χ1n) is 8.32. The quantitative estimate of drug-likeness (QED) is 0.741. The standard InChI is InChI=1S/C16H30N2O/c1-18(15-5-3-2-4-6-15)11-16(12-19,13-7-8-13)17-14-9-10-14/h13-15,17,19H,2-12H2,1H3. The second-order valence-corrected chi connectivity index (χ2v) is 7.21. The Bertz CT molecular complexity index is 295. The van der Waals surface area contributed by atoms with Crippen molar-refractivity contribution in [1.29, 1.82) is 0 Å². The summed E-state index contributed by atoms with van der Waals surface area (Å²) >= 11 is 0. The molecule has 0 spiro atoms. The largest absolute Gasteiger partial charge is 0.394 e. The summed E-state index contributed by atoms with van der Waals surface area (Å²) in [5.41, 5.74) is -0.00658. The Labute approximate surface area is 117 Å². The minimum atomic E-state index is -0.00658. The molecule has 0 aromatic heterocycles. The van der Waals surface area contributed by atoms with E-state index in [1.54, 1.807) is 0 Å². The molecule has 0 saturated heterocycles. The van der Waals surface area contributed by atoms with E-state index < -0.39 is 0 Å². The molecular formula is C16H30N2O. The molecule has 0 amide bonds. The van der Waals surface area contributed by atoms with E-state index in [0.717, 1.165) is 12.6 Å². The number of aliphatic hydroxyl groups excluding tert-OH is 1. The molecule has 0 aliphatic heterocycles. The third-order valence-electron chi connectivity index (χ3n) is 5.44. The van der Waals surface area contributed by atoms with E-state index in [0.29, 0.717) is 18.6 Å². The molecule has 3 fully saturated rings. The lowest BCUT2D eigenvalue weighted by atomic mass is 9.89. The van der Waals surface area contributed by atoms with Crippen molar-refractivity contribution < 1.29 is 5.11 Å². The van der Waals surface area contributed by atoms with Gasteiger partial charge in [-0.2, -0.15) is 0 Å². The molecule has 19 heavy (non-hydrogen) atoms. The van der Waals surface area contributed by atoms with Gasteiger partial charge in [0.15, 0.2) is 0 Å². The van der Waals surface area contributed by atoms with Crippen molar-refractivity contribution >= 4 is 0 Å². The van der Waals surface area contributed by atoms with Gasteiger partial charge in [-0.3, -0.25) is 0 Å². The number of aliphatic hydroxyl groups is 1. The number of nitrogens with zero attached hydrogens (tertiary/aromatic N) is 1. The van der Waals surface area contributed by atoms with Crippen molar-refractivity contribution in [3.05, 3.63) is 0 Å². The Kier molecular flexibility index (Phi) is 4.16. The molecule has 3 nitrogen and oxygen atoms in total. The van der Waals surface area contributed by atoms with E-state index in [9.17, 15) is 5.11 Å². The minimum absolute atomic E-state index is 0.00658. The maximum absolute atomic E-state index is 10.0. The molecule has 0 heterocycles. The predicted octanol–water partition coefficient (Wildman–Crippen LogP) is 2.14. The van der Waals surface area contributed by atoms with E-state index in [4.69, 9.17) is 0 Å². The number of hydrogen-bond acceptors (Lipinski definition) is 3. The maximum Gasteiger partial charge on any atom is 0.0628 e. The molecule has 3 aliphatic carbocycles. The van der Waals surface area contributed by atoms with Gasteiger partial charge >= 0.3 is 0 Å². The fourth-order valence-electron chi connectivity index (χ4n) is 3.88. The number of rotatable bonds is 7. The number of likely N-dealkylation sites (N-methyl/N-ethyl adjacent to an activating group) is 1. The summed E-state index contributed by atoms with van der Waals surface area (Å²) in [4.78, 5) is 2.54. The Morgan fingerprint density at radius 1 is 1.05 bits per heavy atom. The SMILES string of the molecule is CN(CC(CO)(NC1CC1)C1CC1)C1CCCCC1. The summed E-state index contributed by atoms with van der Waals surface area (Å²) < 4.78 is 0. The van der Waals surface area contributed by atoms with Crippen LogP contribution in [0.2, 0.25) is 0 Å². The van der Waals surface area contributed by atoms with Crippen LogP contribution in [0.5, 0.6) is 0 Å². The molecule has 0 radical (unpaired) electrons. The smallest absolute Gasteiger partial charge is 0.0628 e. The predicted molar refractivity (Wildman–Crippen MR) is 78.2 cm³/mol. The fraction of sp³-hybridized carbons (Fsp3) is 1.00. The second-order valence-electron chi connectivity index (χ2n) is 7.21. The average molecular weight is 266 g/mol. The van der Waals surface area contributed by atoms with Crippen LogP contribution in [0.4, 0.5) is 0 Å². The maximum atomic E-state index is 10.0. The van der Waals surface area contributed by atoms with Crippen LogP contribution < -0.4 is 5.32 Å². The summed E-state index contributed by atoms with van der Waals surface area (Å²) in [6.07, 6.45) is 12.1. The van der Waals surface area contributed by atoms with E-state index in [2.05, 4.69) is 17.3 Å². The van der Waals surface area contributed by atoms with Gasteiger partial charge in [-0.05, 0) is 51.5 Å². The molecule has 1 unspecified atom stereocenters. The summed E-state index contributed by atoms with van der Waals surface area (Å²) in [6.45, 7) is 1.35. The van der Waals surface area contributed by atoms with Crippen LogP contribution in [0.25, 0.3) is 0 Å². The fourth-order valence-corrected chi connectivity index (χ4v) is 3.88. The lowest BCUT2D eigenvalue weighted by Crippen LogP contribution is -2.59. The Morgan fingerprint density at radius 2 is 1.74 bits per heavy atom. The Morgan fingerprint density at radius 3 is 2.26 bits per heavy atom. The van der Waals surface area contributed by atoms with Crippen LogP contribution in [-0.4, -0.2) is 47.8 Å². The Balaban J connectivity index is 1.61. The van der Waals surface area contributed by atoms with E-state index in [1.165, 1.54) is 57.8 Å². The lowest BCUT2D eigenvalue weighted by Gasteiger charge is -2.41. The molecule has 2 N–H and O–H groups in total. The van der Waals surface area contributed by atoms with Crippen molar-refractivity contribution in [1.82, 2.24) is 10.2 Å². The zero-order valence-corrected chi connectivity index (χ0v) is 12.4. The van der Waals surface area contributed by atoms with Gasteiger partial charge in [0.05, 0.1) is 12.1 Å². The molecule has 3 aliphatic rings. The Hall–Kier alpha value is -0.120. The van der Waals surface area contributed by atoms with Gasteiger partial charge in [0.1, 0.15) is 0 Å². The first-order chi connectivity index (χ1) is 9.23. The number of nitrogens with one attached hydrogen (secondary N) is 1. The monoisotopic (exact) mass is 266 g/mol. The van der Waals surface area contributed by atoms with Gasteiger partial charge in [0.2, 0.25) is 0 Å². The summed E-state index contributed by atoms with van der Waals surface area (Å²) in [5, 5.41) is 13.8. The highest BCUT2D eigenvalue weighted by molar-refractivity contribution is 5.06. The van der Waals surface area contributed by atoms with Gasteiger partial charge in [0, 0.05) is 18.6 Å². The van der Waals surface area contributed by atoms with Gasteiger partial charge in [-0.15, -0.1) is 0 Å². The van der Waals surface area contributed by atoms with Crippen molar-refractivity contribution in [2.75, 3.05) is 20.2 Å². The van der Waals surface area contributed by atoms with Gasteiger partial charge < -0.3 is 15.3 Å². The van der Waals surface area contributed by atoms with Gasteiger partial charge in [0.25, 0.3) is 0 Å². The van der Waals surface area contributed by atoms with E-state index in [1.807, 2.05) is 0 Å². The molecule has 3 rings (SSSR count). The van der Waals surface area contributed by atoms with Gasteiger partial charge in [-0.1, -0.05) is 19.3 Å². The molecule has 0 bridgehead atoms. The second kappa shape index (κ2) is 5.71. The molecule has 110 valence electrons. The molecule has 0 aromatic carbocycles. The van der Waals surface area contributed by atoms with Crippen molar-refractivity contribution in [2.45, 2.75) is 75.4 Å². The molecule has 3 saturated carbocycles. The average Bonchev–Trinajstić information content (AvgIpc) is 3.31. The topological polar surface area (TPSA) is 35.5 Å². The van der Waals surface area contributed by atoms with E-state index in [-0.39, 0.29) is 5.54 Å². The molecular weight excluding hydrogens is 236 g/mol. The molecule has 1 atom stereocenters. The van der Waals surface area contributed by atoms with Crippen molar-refractivity contribution in [3.8, 4) is 0 Å². The first-order valence-corrected chi connectivity index (χ1v) is 8.32. The summed E-state index contributed by atoms with van der Waals surface area (Å²) in [6, 6.07) is 1.44. The lowest BCUT2D eigenvalue weighted by molar-refractivity contribution is 0.0726. The molecule has 3 heteroatoms. The van der Waals surface area contributed by atoms with Crippen LogP contribution in [0, 0.1) is 5.92 Å². The van der Waals surface area contributed by atoms with Crippen LogP contribution >= 0.6 is 0 Å². The normalized spacial score (nSPS) is 28.6. The van der Waals surface area contributed by atoms with E-state index >= 15 is 0 Å². The highest BCUT2D eigenvalue weighted by Gasteiger charge is 2.48. The molecule has 0 aromatic rings. The van der Waals surface area contributed by atoms with Crippen molar-refractivity contribution in [3.63, 3.8) is 0 Å². The minimum Gasteiger partial charge on any atom is -0.394 e. The zero-order valence-electron chi connectivity index (χ0n) is 12.4. The van der Waals surface area contributed by atoms with Crippen LogP contribution in [0.1, 0.15) is 57.8 Å².